The van der Waals surface area contributed by atoms with Gasteiger partial charge in [-0.05, 0) is 6.42 Å². The molecule has 1 amide bonds. The summed E-state index contributed by atoms with van der Waals surface area (Å²) in [6.45, 7) is 6.55. The van der Waals surface area contributed by atoms with E-state index in [2.05, 4.69) is 20.6 Å². The molecule has 2 rings (SSSR count). The van der Waals surface area contributed by atoms with E-state index in [4.69, 9.17) is 0 Å². The van der Waals surface area contributed by atoms with Gasteiger partial charge in [0.2, 0.25) is 5.91 Å². The van der Waals surface area contributed by atoms with Crippen LogP contribution in [0.15, 0.2) is 12.4 Å². The zero-order chi connectivity index (χ0) is 14.0. The van der Waals surface area contributed by atoms with Crippen LogP contribution in [0, 0.1) is 0 Å². The van der Waals surface area contributed by atoms with Crippen LogP contribution in [0.25, 0.3) is 0 Å². The van der Waals surface area contributed by atoms with E-state index in [1.807, 2.05) is 20.8 Å². The van der Waals surface area contributed by atoms with Crippen molar-refractivity contribution in [3.05, 3.63) is 18.2 Å². The SMILES string of the molecule is CC(C)(C)c1ncc(NC(=O)C2CC(O)CN2)cn1. The van der Waals surface area contributed by atoms with Crippen LogP contribution < -0.4 is 10.6 Å². The molecule has 0 bridgehead atoms. The van der Waals surface area contributed by atoms with Gasteiger partial charge in [-0.15, -0.1) is 0 Å². The zero-order valence-electron chi connectivity index (χ0n) is 11.5. The highest BCUT2D eigenvalue weighted by atomic mass is 16.3. The molecule has 6 nitrogen and oxygen atoms in total. The first kappa shape index (κ1) is 13.9. The lowest BCUT2D eigenvalue weighted by Crippen LogP contribution is -2.35. The van der Waals surface area contributed by atoms with E-state index in [9.17, 15) is 9.90 Å². The molecule has 2 heterocycles. The van der Waals surface area contributed by atoms with Gasteiger partial charge in [-0.3, -0.25) is 4.79 Å². The molecule has 1 aromatic heterocycles. The van der Waals surface area contributed by atoms with Crippen molar-refractivity contribution in [3.63, 3.8) is 0 Å². The van der Waals surface area contributed by atoms with E-state index < -0.39 is 6.10 Å². The van der Waals surface area contributed by atoms with Crippen LogP contribution in [-0.2, 0) is 10.2 Å². The molecule has 0 spiro atoms. The van der Waals surface area contributed by atoms with E-state index in [1.165, 1.54) is 0 Å². The van der Waals surface area contributed by atoms with Gasteiger partial charge in [0, 0.05) is 12.0 Å². The maximum Gasteiger partial charge on any atom is 0.241 e. The Bertz CT molecular complexity index is 453. The summed E-state index contributed by atoms with van der Waals surface area (Å²) < 4.78 is 0. The second kappa shape index (κ2) is 5.22. The van der Waals surface area contributed by atoms with Gasteiger partial charge < -0.3 is 15.7 Å². The molecule has 0 saturated carbocycles. The number of hydrogen-bond acceptors (Lipinski definition) is 5. The fourth-order valence-corrected chi connectivity index (χ4v) is 1.93. The lowest BCUT2D eigenvalue weighted by atomic mass is 9.96. The van der Waals surface area contributed by atoms with E-state index in [0.29, 0.717) is 18.7 Å². The first-order valence-electron chi connectivity index (χ1n) is 6.41. The largest absolute Gasteiger partial charge is 0.392 e. The third-order valence-electron chi connectivity index (χ3n) is 3.01. The highest BCUT2D eigenvalue weighted by Crippen LogP contribution is 2.18. The molecule has 1 aliphatic heterocycles. The zero-order valence-corrected chi connectivity index (χ0v) is 11.5. The molecule has 3 N–H and O–H groups in total. The van der Waals surface area contributed by atoms with Crippen molar-refractivity contribution in [3.8, 4) is 0 Å². The summed E-state index contributed by atoms with van der Waals surface area (Å²) in [7, 11) is 0. The number of carbonyl (C=O) groups is 1. The molecule has 104 valence electrons. The molecule has 1 aromatic rings. The fourth-order valence-electron chi connectivity index (χ4n) is 1.93. The second-order valence-electron chi connectivity index (χ2n) is 5.88. The minimum Gasteiger partial charge on any atom is -0.392 e. The lowest BCUT2D eigenvalue weighted by molar-refractivity contribution is -0.117. The number of hydrogen-bond donors (Lipinski definition) is 3. The monoisotopic (exact) mass is 264 g/mol. The molecular formula is C13H20N4O2. The van der Waals surface area contributed by atoms with Crippen molar-refractivity contribution < 1.29 is 9.90 Å². The lowest BCUT2D eigenvalue weighted by Gasteiger charge is -2.16. The Labute approximate surface area is 112 Å². The fraction of sp³-hybridized carbons (Fsp3) is 0.615. The molecule has 0 radical (unpaired) electrons. The number of nitrogens with zero attached hydrogens (tertiary/aromatic N) is 2. The number of aliphatic hydroxyl groups excluding tert-OH is 1. The molecule has 0 aliphatic carbocycles. The van der Waals surface area contributed by atoms with Crippen LogP contribution in [0.1, 0.15) is 33.0 Å². The van der Waals surface area contributed by atoms with Crippen molar-refractivity contribution in [2.45, 2.75) is 44.8 Å². The van der Waals surface area contributed by atoms with E-state index >= 15 is 0 Å². The summed E-state index contributed by atoms with van der Waals surface area (Å²) in [5, 5.41) is 15.1. The average Bonchev–Trinajstić information content (AvgIpc) is 2.75. The van der Waals surface area contributed by atoms with Gasteiger partial charge in [0.15, 0.2) is 0 Å². The van der Waals surface area contributed by atoms with Crippen molar-refractivity contribution in [1.29, 1.82) is 0 Å². The van der Waals surface area contributed by atoms with Crippen molar-refractivity contribution in [2.75, 3.05) is 11.9 Å². The summed E-state index contributed by atoms with van der Waals surface area (Å²) in [4.78, 5) is 20.4. The number of amides is 1. The Morgan fingerprint density at radius 3 is 2.53 bits per heavy atom. The molecular weight excluding hydrogens is 244 g/mol. The maximum absolute atomic E-state index is 11.9. The molecule has 6 heteroatoms. The van der Waals surface area contributed by atoms with Gasteiger partial charge in [-0.1, -0.05) is 20.8 Å². The normalized spacial score (nSPS) is 23.4. The number of aromatic nitrogens is 2. The molecule has 2 unspecified atom stereocenters. The topological polar surface area (TPSA) is 87.1 Å². The smallest absolute Gasteiger partial charge is 0.241 e. The van der Waals surface area contributed by atoms with Crippen LogP contribution in [0.4, 0.5) is 5.69 Å². The van der Waals surface area contributed by atoms with Crippen LogP contribution >= 0.6 is 0 Å². The minimum absolute atomic E-state index is 0.111. The minimum atomic E-state index is -0.449. The predicted octanol–water partition coefficient (Wildman–Crippen LogP) is 0.435. The Morgan fingerprint density at radius 1 is 1.42 bits per heavy atom. The first-order valence-corrected chi connectivity index (χ1v) is 6.41. The predicted molar refractivity (Wildman–Crippen MR) is 71.8 cm³/mol. The third kappa shape index (κ3) is 3.48. The van der Waals surface area contributed by atoms with E-state index in [-0.39, 0.29) is 17.4 Å². The quantitative estimate of drug-likeness (QED) is 0.721. The van der Waals surface area contributed by atoms with Gasteiger partial charge in [-0.25, -0.2) is 9.97 Å². The summed E-state index contributed by atoms with van der Waals surface area (Å²) in [5.74, 6) is 0.573. The summed E-state index contributed by atoms with van der Waals surface area (Å²) in [5.41, 5.74) is 0.459. The van der Waals surface area contributed by atoms with Crippen LogP contribution in [0.3, 0.4) is 0 Å². The second-order valence-corrected chi connectivity index (χ2v) is 5.88. The van der Waals surface area contributed by atoms with Gasteiger partial charge in [0.05, 0.1) is 30.2 Å². The van der Waals surface area contributed by atoms with Gasteiger partial charge in [0.1, 0.15) is 5.82 Å². The highest BCUT2D eigenvalue weighted by molar-refractivity contribution is 5.94. The number of aliphatic hydroxyl groups is 1. The Hall–Kier alpha value is -1.53. The Morgan fingerprint density at radius 2 is 2.05 bits per heavy atom. The summed E-state index contributed by atoms with van der Waals surface area (Å²) in [6.07, 6.45) is 3.20. The molecule has 19 heavy (non-hydrogen) atoms. The molecule has 1 aliphatic rings. The maximum atomic E-state index is 11.9. The highest BCUT2D eigenvalue weighted by Gasteiger charge is 2.28. The number of β-amino-alcohol motifs (C(OH)–C–C–N with tert-alkyl or cyclic N) is 1. The van der Waals surface area contributed by atoms with Crippen molar-refractivity contribution in [2.24, 2.45) is 0 Å². The Kier molecular flexibility index (Phi) is 3.82. The Balaban J connectivity index is 1.98. The molecule has 1 saturated heterocycles. The van der Waals surface area contributed by atoms with E-state index in [1.54, 1.807) is 12.4 Å². The third-order valence-corrected chi connectivity index (χ3v) is 3.01. The van der Waals surface area contributed by atoms with E-state index in [0.717, 1.165) is 5.82 Å². The van der Waals surface area contributed by atoms with Gasteiger partial charge in [0.25, 0.3) is 0 Å². The summed E-state index contributed by atoms with van der Waals surface area (Å²) in [6, 6.07) is -0.350. The van der Waals surface area contributed by atoms with Crippen LogP contribution in [0.2, 0.25) is 0 Å². The number of nitrogens with one attached hydrogen (secondary N) is 2. The van der Waals surface area contributed by atoms with Gasteiger partial charge >= 0.3 is 0 Å². The molecule has 1 fully saturated rings. The number of anilines is 1. The number of rotatable bonds is 2. The van der Waals surface area contributed by atoms with Crippen LogP contribution in [0.5, 0.6) is 0 Å². The van der Waals surface area contributed by atoms with Crippen LogP contribution in [-0.4, -0.2) is 39.7 Å². The van der Waals surface area contributed by atoms with Crippen molar-refractivity contribution in [1.82, 2.24) is 15.3 Å². The van der Waals surface area contributed by atoms with Crippen molar-refractivity contribution >= 4 is 11.6 Å². The summed E-state index contributed by atoms with van der Waals surface area (Å²) >= 11 is 0. The van der Waals surface area contributed by atoms with Gasteiger partial charge in [-0.2, -0.15) is 0 Å². The average molecular weight is 264 g/mol. The molecule has 2 atom stereocenters. The standard InChI is InChI=1S/C13H20N4O2/c1-13(2,3)12-15-5-8(6-16-12)17-11(19)10-4-9(18)7-14-10/h5-6,9-10,14,18H,4,7H2,1-3H3,(H,17,19). The molecule has 0 aromatic carbocycles. The number of carbonyl (C=O) groups excluding carboxylic acids is 1. The first-order chi connectivity index (χ1) is 8.86.